The zero-order chi connectivity index (χ0) is 14.7. The molecule has 104 valence electrons. The lowest BCUT2D eigenvalue weighted by molar-refractivity contribution is 0.102. The van der Waals surface area contributed by atoms with Crippen molar-refractivity contribution in [2.75, 3.05) is 5.32 Å². The van der Waals surface area contributed by atoms with E-state index in [1.54, 1.807) is 0 Å². The lowest BCUT2D eigenvalue weighted by atomic mass is 10.2. The first-order chi connectivity index (χ1) is 10.2. The van der Waals surface area contributed by atoms with Crippen LogP contribution in [-0.2, 0) is 0 Å². The zero-order valence-electron chi connectivity index (χ0n) is 11.6. The second-order valence-corrected chi connectivity index (χ2v) is 4.75. The van der Waals surface area contributed by atoms with Gasteiger partial charge >= 0.3 is 0 Å². The molecule has 2 N–H and O–H groups in total. The van der Waals surface area contributed by atoms with Crippen molar-refractivity contribution >= 4 is 11.6 Å². The van der Waals surface area contributed by atoms with Gasteiger partial charge in [-0.1, -0.05) is 48.5 Å². The van der Waals surface area contributed by atoms with Crippen molar-refractivity contribution in [3.8, 4) is 11.4 Å². The number of hydrogen-bond acceptors (Lipinski definition) is 2. The summed E-state index contributed by atoms with van der Waals surface area (Å²) in [6, 6.07) is 19.1. The van der Waals surface area contributed by atoms with Crippen LogP contribution >= 0.6 is 0 Å². The molecule has 4 heteroatoms. The normalized spacial score (nSPS) is 10.3. The van der Waals surface area contributed by atoms with Crippen LogP contribution in [0.25, 0.3) is 11.4 Å². The quantitative estimate of drug-likeness (QED) is 0.768. The molecule has 0 saturated heterocycles. The molecule has 1 amide bonds. The fraction of sp³-hybridized carbons (Fsp3) is 0.0588. The maximum Gasteiger partial charge on any atom is 0.276 e. The number of carbonyl (C=O) groups excluding carboxylic acids is 1. The summed E-state index contributed by atoms with van der Waals surface area (Å²) < 4.78 is 0. The second kappa shape index (κ2) is 5.63. The highest BCUT2D eigenvalue weighted by molar-refractivity contribution is 6.04. The van der Waals surface area contributed by atoms with Crippen LogP contribution in [0, 0.1) is 6.92 Å². The first kappa shape index (κ1) is 13.1. The Hall–Kier alpha value is -2.88. The number of H-pyrrole nitrogens is 1. The Kier molecular flexibility index (Phi) is 3.51. The Bertz CT molecular complexity index is 748. The molecule has 3 aromatic rings. The maximum absolute atomic E-state index is 12.3. The van der Waals surface area contributed by atoms with E-state index < -0.39 is 0 Å². The molecule has 0 radical (unpaired) electrons. The fourth-order valence-electron chi connectivity index (χ4n) is 2.13. The van der Waals surface area contributed by atoms with Crippen LogP contribution in [-0.4, -0.2) is 15.9 Å². The van der Waals surface area contributed by atoms with Gasteiger partial charge in [0.25, 0.3) is 5.91 Å². The van der Waals surface area contributed by atoms with Crippen LogP contribution in [0.4, 0.5) is 5.69 Å². The van der Waals surface area contributed by atoms with Gasteiger partial charge in [0.1, 0.15) is 11.5 Å². The molecule has 4 nitrogen and oxygen atoms in total. The number of hydrogen-bond donors (Lipinski definition) is 2. The van der Waals surface area contributed by atoms with E-state index in [9.17, 15) is 4.79 Å². The highest BCUT2D eigenvalue weighted by Crippen LogP contribution is 2.18. The fourth-order valence-corrected chi connectivity index (χ4v) is 2.13. The minimum absolute atomic E-state index is 0.211. The molecule has 0 aliphatic heterocycles. The molecule has 3 rings (SSSR count). The van der Waals surface area contributed by atoms with Gasteiger partial charge in [0.2, 0.25) is 0 Å². The molecular weight excluding hydrogens is 262 g/mol. The average molecular weight is 277 g/mol. The van der Waals surface area contributed by atoms with Crippen molar-refractivity contribution in [1.29, 1.82) is 0 Å². The number of para-hydroxylation sites is 1. The molecule has 0 aliphatic rings. The van der Waals surface area contributed by atoms with Crippen molar-refractivity contribution in [3.05, 3.63) is 72.1 Å². The SMILES string of the molecule is Cc1[nH]c(-c2ccccc2)nc1C(=O)Nc1ccccc1. The molecule has 0 aliphatic carbocycles. The van der Waals surface area contributed by atoms with Gasteiger partial charge in [-0.3, -0.25) is 4.79 Å². The first-order valence-corrected chi connectivity index (χ1v) is 6.72. The van der Waals surface area contributed by atoms with Crippen molar-refractivity contribution in [2.45, 2.75) is 6.92 Å². The van der Waals surface area contributed by atoms with Crippen LogP contribution in [0.15, 0.2) is 60.7 Å². The predicted octanol–water partition coefficient (Wildman–Crippen LogP) is 3.64. The highest BCUT2D eigenvalue weighted by Gasteiger charge is 2.15. The summed E-state index contributed by atoms with van der Waals surface area (Å²) in [7, 11) is 0. The molecule has 2 aromatic carbocycles. The lowest BCUT2D eigenvalue weighted by Gasteiger charge is -2.02. The Morgan fingerprint density at radius 1 is 1.00 bits per heavy atom. The Labute approximate surface area is 122 Å². The molecule has 1 heterocycles. The molecule has 0 spiro atoms. The third kappa shape index (κ3) is 2.84. The van der Waals surface area contributed by atoms with Gasteiger partial charge in [-0.15, -0.1) is 0 Å². The van der Waals surface area contributed by atoms with E-state index in [1.807, 2.05) is 67.6 Å². The summed E-state index contributed by atoms with van der Waals surface area (Å²) >= 11 is 0. The average Bonchev–Trinajstić information content (AvgIpc) is 2.91. The van der Waals surface area contributed by atoms with Crippen LogP contribution in [0.3, 0.4) is 0 Å². The zero-order valence-corrected chi connectivity index (χ0v) is 11.6. The number of aryl methyl sites for hydroxylation is 1. The predicted molar refractivity (Wildman–Crippen MR) is 83.2 cm³/mol. The van der Waals surface area contributed by atoms with Crippen molar-refractivity contribution < 1.29 is 4.79 Å². The monoisotopic (exact) mass is 277 g/mol. The number of imidazole rings is 1. The summed E-state index contributed by atoms with van der Waals surface area (Å²) in [4.78, 5) is 19.9. The van der Waals surface area contributed by atoms with Crippen LogP contribution < -0.4 is 5.32 Å². The van der Waals surface area contributed by atoms with E-state index in [1.165, 1.54) is 0 Å². The van der Waals surface area contributed by atoms with Crippen LogP contribution in [0.5, 0.6) is 0 Å². The van der Waals surface area contributed by atoms with E-state index in [2.05, 4.69) is 15.3 Å². The highest BCUT2D eigenvalue weighted by atomic mass is 16.1. The molecule has 21 heavy (non-hydrogen) atoms. The third-order valence-corrected chi connectivity index (χ3v) is 3.18. The standard InChI is InChI=1S/C17H15N3O/c1-12-15(17(21)19-14-10-6-3-7-11-14)20-16(18-12)13-8-4-2-5-9-13/h2-11H,1H3,(H,18,20)(H,19,21). The largest absolute Gasteiger partial charge is 0.341 e. The maximum atomic E-state index is 12.3. The van der Waals surface area contributed by atoms with Gasteiger partial charge in [0, 0.05) is 16.9 Å². The van der Waals surface area contributed by atoms with Crippen LogP contribution in [0.2, 0.25) is 0 Å². The van der Waals surface area contributed by atoms with Gasteiger partial charge in [0.05, 0.1) is 0 Å². The summed E-state index contributed by atoms with van der Waals surface area (Å²) in [5, 5.41) is 2.84. The molecule has 0 bridgehead atoms. The summed E-state index contributed by atoms with van der Waals surface area (Å²) in [5.41, 5.74) is 2.88. The molecule has 0 saturated carbocycles. The molecule has 0 fully saturated rings. The lowest BCUT2D eigenvalue weighted by Crippen LogP contribution is -2.13. The smallest absolute Gasteiger partial charge is 0.276 e. The summed E-state index contributed by atoms with van der Waals surface area (Å²) in [6.45, 7) is 1.85. The summed E-state index contributed by atoms with van der Waals surface area (Å²) in [6.07, 6.45) is 0. The first-order valence-electron chi connectivity index (χ1n) is 6.72. The third-order valence-electron chi connectivity index (χ3n) is 3.18. The Balaban J connectivity index is 1.86. The van der Waals surface area contributed by atoms with E-state index in [-0.39, 0.29) is 5.91 Å². The number of aromatic nitrogens is 2. The number of nitrogens with one attached hydrogen (secondary N) is 2. The molecule has 0 atom stereocenters. The molecular formula is C17H15N3O. The van der Waals surface area contributed by atoms with Gasteiger partial charge in [-0.25, -0.2) is 4.98 Å². The molecule has 0 unspecified atom stereocenters. The van der Waals surface area contributed by atoms with Gasteiger partial charge in [0.15, 0.2) is 0 Å². The Morgan fingerprint density at radius 2 is 1.62 bits per heavy atom. The summed E-state index contributed by atoms with van der Waals surface area (Å²) in [5.74, 6) is 0.489. The van der Waals surface area contributed by atoms with E-state index in [0.29, 0.717) is 11.5 Å². The van der Waals surface area contributed by atoms with Crippen LogP contribution in [0.1, 0.15) is 16.2 Å². The van der Waals surface area contributed by atoms with Crippen molar-refractivity contribution in [3.63, 3.8) is 0 Å². The minimum Gasteiger partial charge on any atom is -0.341 e. The van der Waals surface area contributed by atoms with E-state index in [4.69, 9.17) is 0 Å². The number of aromatic amines is 1. The Morgan fingerprint density at radius 3 is 2.29 bits per heavy atom. The molecule has 1 aromatic heterocycles. The van der Waals surface area contributed by atoms with E-state index >= 15 is 0 Å². The topological polar surface area (TPSA) is 57.8 Å². The number of benzene rings is 2. The van der Waals surface area contributed by atoms with Crippen molar-refractivity contribution in [1.82, 2.24) is 9.97 Å². The number of nitrogens with zero attached hydrogens (tertiary/aromatic N) is 1. The van der Waals surface area contributed by atoms with Gasteiger partial charge in [-0.05, 0) is 19.1 Å². The number of carbonyl (C=O) groups is 1. The number of rotatable bonds is 3. The minimum atomic E-state index is -0.211. The number of anilines is 1. The van der Waals surface area contributed by atoms with Crippen molar-refractivity contribution in [2.24, 2.45) is 0 Å². The second-order valence-electron chi connectivity index (χ2n) is 4.75. The number of amides is 1. The van der Waals surface area contributed by atoms with Gasteiger partial charge in [-0.2, -0.15) is 0 Å². The van der Waals surface area contributed by atoms with Gasteiger partial charge < -0.3 is 10.3 Å². The van der Waals surface area contributed by atoms with E-state index in [0.717, 1.165) is 16.9 Å².